The molecule has 1 amide bonds. The van der Waals surface area contributed by atoms with Crippen LogP contribution in [-0.4, -0.2) is 32.9 Å². The molecular formula is C21H17ClN2O4. The van der Waals surface area contributed by atoms with Crippen molar-refractivity contribution in [3.05, 3.63) is 77.3 Å². The number of halogens is 1. The monoisotopic (exact) mass is 396 g/mol. The lowest BCUT2D eigenvalue weighted by atomic mass is 10.0. The number of carboxylic acids is 1. The number of likely N-dealkylation sites (tertiary alicyclic amines) is 1. The third kappa shape index (κ3) is 3.27. The lowest BCUT2D eigenvalue weighted by Crippen LogP contribution is -2.41. The summed E-state index contributed by atoms with van der Waals surface area (Å²) in [6, 6.07) is 12.8. The number of hydrogen-bond donors (Lipinski definition) is 1. The second-order valence-electron chi connectivity index (χ2n) is 6.62. The van der Waals surface area contributed by atoms with Gasteiger partial charge in [0, 0.05) is 16.1 Å². The van der Waals surface area contributed by atoms with Crippen LogP contribution in [0.1, 0.15) is 34.8 Å². The lowest BCUT2D eigenvalue weighted by Gasteiger charge is -2.29. The molecule has 2 heterocycles. The van der Waals surface area contributed by atoms with Crippen molar-refractivity contribution in [2.75, 3.05) is 0 Å². The van der Waals surface area contributed by atoms with E-state index in [0.717, 1.165) is 11.1 Å². The maximum atomic E-state index is 13.2. The molecule has 0 saturated carbocycles. The highest BCUT2D eigenvalue weighted by atomic mass is 35.5. The van der Waals surface area contributed by atoms with Crippen LogP contribution < -0.4 is 0 Å². The van der Waals surface area contributed by atoms with Crippen LogP contribution >= 0.6 is 11.6 Å². The van der Waals surface area contributed by atoms with Crippen molar-refractivity contribution in [2.45, 2.75) is 24.9 Å². The van der Waals surface area contributed by atoms with Gasteiger partial charge in [-0.05, 0) is 36.6 Å². The quantitative estimate of drug-likeness (QED) is 0.705. The highest BCUT2D eigenvalue weighted by Crippen LogP contribution is 2.40. The van der Waals surface area contributed by atoms with Crippen LogP contribution in [0.15, 0.2) is 65.5 Å². The van der Waals surface area contributed by atoms with Crippen molar-refractivity contribution in [2.24, 2.45) is 0 Å². The Balaban J connectivity index is 1.67. The summed E-state index contributed by atoms with van der Waals surface area (Å²) in [4.78, 5) is 30.3. The molecule has 3 aromatic rings. The Morgan fingerprint density at radius 1 is 1.11 bits per heavy atom. The summed E-state index contributed by atoms with van der Waals surface area (Å²) in [6.07, 6.45) is 3.85. The number of oxazole rings is 1. The van der Waals surface area contributed by atoms with E-state index in [-0.39, 0.29) is 11.9 Å². The fraction of sp³-hybridized carbons (Fsp3) is 0.190. The summed E-state index contributed by atoms with van der Waals surface area (Å²) >= 11 is 6.32. The fourth-order valence-electron chi connectivity index (χ4n) is 3.67. The molecule has 0 aliphatic carbocycles. The smallest absolute Gasteiger partial charge is 0.326 e. The van der Waals surface area contributed by atoms with Crippen LogP contribution in [0.5, 0.6) is 0 Å². The number of amides is 1. The first kappa shape index (κ1) is 18.3. The number of carboxylic acid groups (broad SMARTS) is 1. The Kier molecular flexibility index (Phi) is 4.88. The first-order valence-corrected chi connectivity index (χ1v) is 9.23. The highest BCUT2D eigenvalue weighted by Gasteiger charge is 2.42. The lowest BCUT2D eigenvalue weighted by molar-refractivity contribution is -0.141. The number of aliphatic carboxylic acids is 1. The molecule has 2 aromatic carbocycles. The molecule has 0 bridgehead atoms. The van der Waals surface area contributed by atoms with Crippen molar-refractivity contribution in [3.8, 4) is 11.3 Å². The molecule has 1 saturated heterocycles. The summed E-state index contributed by atoms with van der Waals surface area (Å²) in [7, 11) is 0. The maximum absolute atomic E-state index is 13.2. The van der Waals surface area contributed by atoms with Gasteiger partial charge in [0.1, 0.15) is 6.04 Å². The van der Waals surface area contributed by atoms with Crippen molar-refractivity contribution < 1.29 is 19.1 Å². The minimum atomic E-state index is -1.01. The van der Waals surface area contributed by atoms with Crippen molar-refractivity contribution in [1.82, 2.24) is 9.88 Å². The third-order valence-corrected chi connectivity index (χ3v) is 5.36. The molecule has 0 spiro atoms. The largest absolute Gasteiger partial charge is 0.480 e. The van der Waals surface area contributed by atoms with Gasteiger partial charge in [-0.2, -0.15) is 0 Å². The Morgan fingerprint density at radius 2 is 1.86 bits per heavy atom. The first-order chi connectivity index (χ1) is 13.6. The fourth-order valence-corrected chi connectivity index (χ4v) is 3.93. The molecule has 6 nitrogen and oxygen atoms in total. The summed E-state index contributed by atoms with van der Waals surface area (Å²) in [6.45, 7) is 0. The minimum absolute atomic E-state index is 0.334. The molecule has 142 valence electrons. The van der Waals surface area contributed by atoms with E-state index in [0.29, 0.717) is 29.2 Å². The number of nitrogens with zero attached hydrogens (tertiary/aromatic N) is 2. The molecule has 7 heteroatoms. The molecule has 4 rings (SSSR count). The molecular weight excluding hydrogens is 380 g/mol. The highest BCUT2D eigenvalue weighted by molar-refractivity contribution is 6.31. The molecule has 0 radical (unpaired) electrons. The molecule has 1 aliphatic heterocycles. The first-order valence-electron chi connectivity index (χ1n) is 8.85. The Bertz CT molecular complexity index is 1000. The van der Waals surface area contributed by atoms with Gasteiger partial charge in [0.05, 0.1) is 12.2 Å². The molecule has 1 N–H and O–H groups in total. The Labute approximate surface area is 166 Å². The molecule has 1 fully saturated rings. The molecule has 2 atom stereocenters. The van der Waals surface area contributed by atoms with Gasteiger partial charge in [0.2, 0.25) is 0 Å². The Morgan fingerprint density at radius 3 is 2.50 bits per heavy atom. The van der Waals surface area contributed by atoms with Crippen LogP contribution in [0.25, 0.3) is 11.3 Å². The van der Waals surface area contributed by atoms with E-state index >= 15 is 0 Å². The number of aromatic nitrogens is 1. The number of carbonyl (C=O) groups is 2. The standard InChI is InChI=1S/C21H17ClN2O4/c22-16-4-2-1-3-15(16)17-9-10-18(21(26)27)24(17)20(25)14-7-5-13(6-8-14)19-11-23-12-28-19/h1-8,11-12,17-18H,9-10H2,(H,26,27)/t17-,18+/m1/s1. The zero-order chi connectivity index (χ0) is 19.7. The number of benzene rings is 2. The van der Waals surface area contributed by atoms with E-state index in [4.69, 9.17) is 16.0 Å². The summed E-state index contributed by atoms with van der Waals surface area (Å²) in [5, 5.41) is 10.2. The third-order valence-electron chi connectivity index (χ3n) is 5.02. The van der Waals surface area contributed by atoms with Gasteiger partial charge in [0.15, 0.2) is 12.2 Å². The van der Waals surface area contributed by atoms with Gasteiger partial charge in [-0.3, -0.25) is 4.79 Å². The SMILES string of the molecule is O=C(O)[C@@H]1CC[C@H](c2ccccc2Cl)N1C(=O)c1ccc(-c2cnco2)cc1. The summed E-state index contributed by atoms with van der Waals surface area (Å²) < 4.78 is 5.26. The van der Waals surface area contributed by atoms with E-state index < -0.39 is 12.0 Å². The normalized spacial score (nSPS) is 19.0. The topological polar surface area (TPSA) is 83.6 Å². The van der Waals surface area contributed by atoms with Crippen LogP contribution in [0.4, 0.5) is 0 Å². The number of rotatable bonds is 4. The second-order valence-corrected chi connectivity index (χ2v) is 7.03. The Hall–Kier alpha value is -3.12. The van der Waals surface area contributed by atoms with E-state index in [9.17, 15) is 14.7 Å². The van der Waals surface area contributed by atoms with E-state index in [1.807, 2.05) is 18.2 Å². The van der Waals surface area contributed by atoms with Crippen LogP contribution in [0, 0.1) is 0 Å². The molecule has 0 unspecified atom stereocenters. The molecule has 28 heavy (non-hydrogen) atoms. The van der Waals surface area contributed by atoms with E-state index in [2.05, 4.69) is 4.98 Å². The zero-order valence-corrected chi connectivity index (χ0v) is 15.5. The zero-order valence-electron chi connectivity index (χ0n) is 14.8. The summed E-state index contributed by atoms with van der Waals surface area (Å²) in [5.41, 5.74) is 1.96. The second kappa shape index (κ2) is 7.48. The predicted molar refractivity (Wildman–Crippen MR) is 103 cm³/mol. The maximum Gasteiger partial charge on any atom is 0.326 e. The number of hydrogen-bond acceptors (Lipinski definition) is 4. The van der Waals surface area contributed by atoms with Crippen LogP contribution in [0.2, 0.25) is 5.02 Å². The van der Waals surface area contributed by atoms with Crippen LogP contribution in [-0.2, 0) is 4.79 Å². The van der Waals surface area contributed by atoms with Crippen LogP contribution in [0.3, 0.4) is 0 Å². The summed E-state index contributed by atoms with van der Waals surface area (Å²) in [5.74, 6) is -0.752. The minimum Gasteiger partial charge on any atom is -0.480 e. The average Bonchev–Trinajstić information content (AvgIpc) is 3.38. The van der Waals surface area contributed by atoms with Crippen molar-refractivity contribution in [1.29, 1.82) is 0 Å². The van der Waals surface area contributed by atoms with Gasteiger partial charge in [-0.1, -0.05) is 41.9 Å². The van der Waals surface area contributed by atoms with E-state index in [1.54, 1.807) is 36.5 Å². The van der Waals surface area contributed by atoms with Gasteiger partial charge >= 0.3 is 5.97 Å². The van der Waals surface area contributed by atoms with Crippen molar-refractivity contribution in [3.63, 3.8) is 0 Å². The van der Waals surface area contributed by atoms with Gasteiger partial charge in [-0.25, -0.2) is 9.78 Å². The van der Waals surface area contributed by atoms with Gasteiger partial charge in [0.25, 0.3) is 5.91 Å². The van der Waals surface area contributed by atoms with Gasteiger partial charge in [-0.15, -0.1) is 0 Å². The van der Waals surface area contributed by atoms with Crippen molar-refractivity contribution >= 4 is 23.5 Å². The number of carbonyl (C=O) groups excluding carboxylic acids is 1. The molecule has 1 aliphatic rings. The molecule has 1 aromatic heterocycles. The van der Waals surface area contributed by atoms with E-state index in [1.165, 1.54) is 11.3 Å². The average molecular weight is 397 g/mol. The predicted octanol–water partition coefficient (Wildman–Crippen LogP) is 4.43. The van der Waals surface area contributed by atoms with Gasteiger partial charge < -0.3 is 14.4 Å².